The highest BCUT2D eigenvalue weighted by atomic mass is 79.9. The standard InChI is InChI=1S/C15H9BrN2OS2/c16-11-1-3-12(4-2-11)18-14(19)13(21-15(18)20)9-10-5-7-17-8-6-10/h1-9H/b13-9-. The Kier molecular flexibility index (Phi) is 4.19. The molecule has 0 spiro atoms. The number of thioether (sulfide) groups is 1. The molecule has 0 atom stereocenters. The molecule has 0 aliphatic carbocycles. The van der Waals surface area contributed by atoms with Crippen molar-refractivity contribution in [1.82, 2.24) is 4.98 Å². The van der Waals surface area contributed by atoms with E-state index in [1.54, 1.807) is 17.3 Å². The van der Waals surface area contributed by atoms with E-state index < -0.39 is 0 Å². The zero-order chi connectivity index (χ0) is 14.8. The molecule has 0 N–H and O–H groups in total. The molecule has 0 unspecified atom stereocenters. The number of pyridine rings is 1. The molecule has 1 aliphatic rings. The SMILES string of the molecule is O=C1/C(=C/c2ccncc2)SC(=S)N1c1ccc(Br)cc1. The molecule has 3 nitrogen and oxygen atoms in total. The average Bonchev–Trinajstić information content (AvgIpc) is 2.76. The fourth-order valence-corrected chi connectivity index (χ4v) is 3.45. The van der Waals surface area contributed by atoms with Crippen LogP contribution in [0.2, 0.25) is 0 Å². The van der Waals surface area contributed by atoms with E-state index in [-0.39, 0.29) is 5.91 Å². The lowest BCUT2D eigenvalue weighted by Crippen LogP contribution is -2.27. The highest BCUT2D eigenvalue weighted by Gasteiger charge is 2.33. The number of anilines is 1. The van der Waals surface area contributed by atoms with Gasteiger partial charge in [0.2, 0.25) is 0 Å². The zero-order valence-electron chi connectivity index (χ0n) is 10.7. The van der Waals surface area contributed by atoms with Crippen LogP contribution >= 0.6 is 39.9 Å². The highest BCUT2D eigenvalue weighted by Crippen LogP contribution is 2.36. The van der Waals surface area contributed by atoms with Gasteiger partial charge in [0, 0.05) is 16.9 Å². The molecule has 1 aliphatic heterocycles. The van der Waals surface area contributed by atoms with Gasteiger partial charge in [-0.25, -0.2) is 0 Å². The number of benzene rings is 1. The number of aromatic nitrogens is 1. The Morgan fingerprint density at radius 2 is 1.81 bits per heavy atom. The molecular formula is C15H9BrN2OS2. The van der Waals surface area contributed by atoms with E-state index in [4.69, 9.17) is 12.2 Å². The van der Waals surface area contributed by atoms with Gasteiger partial charge in [-0.1, -0.05) is 39.9 Å². The average molecular weight is 377 g/mol. The normalized spacial score (nSPS) is 16.8. The zero-order valence-corrected chi connectivity index (χ0v) is 13.9. The smallest absolute Gasteiger partial charge is 0.268 e. The Bertz CT molecular complexity index is 729. The van der Waals surface area contributed by atoms with Crippen LogP contribution in [-0.4, -0.2) is 15.2 Å². The van der Waals surface area contributed by atoms with E-state index in [2.05, 4.69) is 20.9 Å². The maximum absolute atomic E-state index is 12.5. The van der Waals surface area contributed by atoms with Gasteiger partial charge in [-0.15, -0.1) is 0 Å². The molecule has 0 saturated carbocycles. The van der Waals surface area contributed by atoms with Crippen LogP contribution in [0.15, 0.2) is 58.2 Å². The number of rotatable bonds is 2. The lowest BCUT2D eigenvalue weighted by atomic mass is 10.2. The van der Waals surface area contributed by atoms with Crippen LogP contribution in [0.4, 0.5) is 5.69 Å². The molecule has 2 aromatic rings. The van der Waals surface area contributed by atoms with Gasteiger partial charge in [0.15, 0.2) is 4.32 Å². The van der Waals surface area contributed by atoms with Gasteiger partial charge in [-0.05, 0) is 48.0 Å². The third-order valence-corrected chi connectivity index (χ3v) is 4.71. The maximum Gasteiger partial charge on any atom is 0.270 e. The van der Waals surface area contributed by atoms with Crippen molar-refractivity contribution in [3.63, 3.8) is 0 Å². The van der Waals surface area contributed by atoms with Crippen molar-refractivity contribution < 1.29 is 4.79 Å². The number of thiocarbonyl (C=S) groups is 1. The minimum Gasteiger partial charge on any atom is -0.268 e. The summed E-state index contributed by atoms with van der Waals surface area (Å²) in [5.41, 5.74) is 1.71. The second kappa shape index (κ2) is 6.09. The lowest BCUT2D eigenvalue weighted by molar-refractivity contribution is -0.113. The summed E-state index contributed by atoms with van der Waals surface area (Å²) in [4.78, 5) is 18.7. The lowest BCUT2D eigenvalue weighted by Gasteiger charge is -2.14. The van der Waals surface area contributed by atoms with Crippen LogP contribution in [0.25, 0.3) is 6.08 Å². The molecule has 2 heterocycles. The fraction of sp³-hybridized carbons (Fsp3) is 0. The summed E-state index contributed by atoms with van der Waals surface area (Å²) in [6.07, 6.45) is 5.22. The minimum atomic E-state index is -0.0934. The highest BCUT2D eigenvalue weighted by molar-refractivity contribution is 9.10. The van der Waals surface area contributed by atoms with E-state index in [9.17, 15) is 4.79 Å². The first-order valence-electron chi connectivity index (χ1n) is 6.09. The largest absolute Gasteiger partial charge is 0.270 e. The minimum absolute atomic E-state index is 0.0934. The van der Waals surface area contributed by atoms with E-state index in [0.29, 0.717) is 9.23 Å². The van der Waals surface area contributed by atoms with Crippen LogP contribution in [0, 0.1) is 0 Å². The van der Waals surface area contributed by atoms with E-state index >= 15 is 0 Å². The summed E-state index contributed by atoms with van der Waals surface area (Å²) >= 11 is 10.0. The van der Waals surface area contributed by atoms with E-state index in [1.807, 2.05) is 42.5 Å². The molecule has 0 radical (unpaired) electrons. The predicted octanol–water partition coefficient (Wildman–Crippen LogP) is 4.25. The fourth-order valence-electron chi connectivity index (χ4n) is 1.89. The van der Waals surface area contributed by atoms with Crippen molar-refractivity contribution in [2.45, 2.75) is 0 Å². The van der Waals surface area contributed by atoms with E-state index in [1.165, 1.54) is 11.8 Å². The molecular weight excluding hydrogens is 368 g/mol. The third kappa shape index (κ3) is 3.07. The van der Waals surface area contributed by atoms with Gasteiger partial charge in [-0.3, -0.25) is 14.7 Å². The van der Waals surface area contributed by atoms with Gasteiger partial charge in [-0.2, -0.15) is 0 Å². The van der Waals surface area contributed by atoms with E-state index in [0.717, 1.165) is 15.7 Å². The van der Waals surface area contributed by atoms with Gasteiger partial charge in [0.05, 0.1) is 10.6 Å². The van der Waals surface area contributed by atoms with Crippen molar-refractivity contribution in [2.24, 2.45) is 0 Å². The van der Waals surface area contributed by atoms with Crippen molar-refractivity contribution in [3.05, 3.63) is 63.7 Å². The molecule has 1 aromatic heterocycles. The Labute approximate surface area is 140 Å². The second-order valence-corrected chi connectivity index (χ2v) is 6.87. The van der Waals surface area contributed by atoms with Crippen LogP contribution in [-0.2, 0) is 4.79 Å². The molecule has 1 saturated heterocycles. The Hall–Kier alpha value is -1.50. The number of carbonyl (C=O) groups is 1. The third-order valence-electron chi connectivity index (χ3n) is 2.88. The number of amides is 1. The molecule has 1 amide bonds. The van der Waals surface area contributed by atoms with Crippen LogP contribution in [0.5, 0.6) is 0 Å². The molecule has 1 fully saturated rings. The van der Waals surface area contributed by atoms with Crippen LogP contribution in [0.1, 0.15) is 5.56 Å². The summed E-state index contributed by atoms with van der Waals surface area (Å²) in [5, 5.41) is 0. The molecule has 0 bridgehead atoms. The number of nitrogens with zero attached hydrogens (tertiary/aromatic N) is 2. The van der Waals surface area contributed by atoms with Crippen LogP contribution in [0.3, 0.4) is 0 Å². The van der Waals surface area contributed by atoms with Crippen molar-refractivity contribution in [1.29, 1.82) is 0 Å². The topological polar surface area (TPSA) is 33.2 Å². The van der Waals surface area contributed by atoms with Crippen LogP contribution < -0.4 is 4.90 Å². The summed E-state index contributed by atoms with van der Waals surface area (Å²) < 4.78 is 1.51. The van der Waals surface area contributed by atoms with Gasteiger partial charge < -0.3 is 0 Å². The predicted molar refractivity (Wildman–Crippen MR) is 94.0 cm³/mol. The maximum atomic E-state index is 12.5. The number of hydrogen-bond acceptors (Lipinski definition) is 4. The Morgan fingerprint density at radius 1 is 1.14 bits per heavy atom. The molecule has 21 heavy (non-hydrogen) atoms. The number of halogens is 1. The van der Waals surface area contributed by atoms with Gasteiger partial charge >= 0.3 is 0 Å². The summed E-state index contributed by atoms with van der Waals surface area (Å²) in [6.45, 7) is 0. The first-order chi connectivity index (χ1) is 10.1. The first kappa shape index (κ1) is 14.4. The van der Waals surface area contributed by atoms with Crippen molar-refractivity contribution in [2.75, 3.05) is 4.90 Å². The number of hydrogen-bond donors (Lipinski definition) is 0. The summed E-state index contributed by atoms with van der Waals surface area (Å²) in [6, 6.07) is 11.2. The second-order valence-electron chi connectivity index (χ2n) is 4.27. The van der Waals surface area contributed by atoms with Gasteiger partial charge in [0.25, 0.3) is 5.91 Å². The number of carbonyl (C=O) groups excluding carboxylic acids is 1. The van der Waals surface area contributed by atoms with Crippen molar-refractivity contribution >= 4 is 61.9 Å². The quantitative estimate of drug-likeness (QED) is 0.579. The molecule has 6 heteroatoms. The first-order valence-corrected chi connectivity index (χ1v) is 8.10. The Balaban J connectivity index is 1.92. The summed E-state index contributed by atoms with van der Waals surface area (Å²) in [7, 11) is 0. The monoisotopic (exact) mass is 376 g/mol. The molecule has 104 valence electrons. The summed E-state index contributed by atoms with van der Waals surface area (Å²) in [5.74, 6) is -0.0934. The molecule has 1 aromatic carbocycles. The Morgan fingerprint density at radius 3 is 2.48 bits per heavy atom. The van der Waals surface area contributed by atoms with Crippen molar-refractivity contribution in [3.8, 4) is 0 Å². The molecule has 3 rings (SSSR count). The van der Waals surface area contributed by atoms with Gasteiger partial charge in [0.1, 0.15) is 0 Å².